The Bertz CT molecular complexity index is 570. The summed E-state index contributed by atoms with van der Waals surface area (Å²) in [5.41, 5.74) is 0.945. The predicted octanol–water partition coefficient (Wildman–Crippen LogP) is 1.85. The molecular formula is C12H12N2O4S. The van der Waals surface area contributed by atoms with Crippen LogP contribution in [-0.2, 0) is 11.2 Å². The minimum Gasteiger partial charge on any atom is -0.496 e. The second kappa shape index (κ2) is 6.24. The van der Waals surface area contributed by atoms with Crippen molar-refractivity contribution in [3.8, 4) is 5.75 Å². The molecule has 6 nitrogen and oxygen atoms in total. The lowest BCUT2D eigenvalue weighted by Gasteiger charge is -2.04. The third-order valence-corrected chi connectivity index (χ3v) is 3.11. The number of methoxy groups -OCH3 is 1. The Morgan fingerprint density at radius 3 is 3.00 bits per heavy atom. The van der Waals surface area contributed by atoms with Gasteiger partial charge in [0.2, 0.25) is 0 Å². The molecule has 0 aliphatic heterocycles. The van der Waals surface area contributed by atoms with Gasteiger partial charge in [0.25, 0.3) is 5.22 Å². The number of carboxylic acid groups (broad SMARTS) is 1. The largest absolute Gasteiger partial charge is 0.496 e. The van der Waals surface area contributed by atoms with Crippen LogP contribution in [0.25, 0.3) is 0 Å². The molecule has 1 heterocycles. The molecule has 0 spiro atoms. The molecule has 2 aromatic rings. The molecule has 0 saturated carbocycles. The lowest BCUT2D eigenvalue weighted by molar-refractivity contribution is -0.133. The number of hydrogen-bond donors (Lipinski definition) is 1. The monoisotopic (exact) mass is 280 g/mol. The molecule has 1 aromatic carbocycles. The standard InChI is InChI=1S/C12H12N2O4S/c1-17-9-5-3-2-4-8(9)6-10-13-12(18-14-10)19-7-11(15)16/h2-5H,6-7H2,1H3,(H,15,16). The number of carboxylic acids is 1. The third kappa shape index (κ3) is 3.72. The summed E-state index contributed by atoms with van der Waals surface area (Å²) in [6, 6.07) is 7.56. The lowest BCUT2D eigenvalue weighted by Crippen LogP contribution is -1.97. The summed E-state index contributed by atoms with van der Waals surface area (Å²) in [7, 11) is 1.60. The molecule has 0 saturated heterocycles. The van der Waals surface area contributed by atoms with E-state index < -0.39 is 5.97 Å². The Morgan fingerprint density at radius 2 is 2.26 bits per heavy atom. The first-order chi connectivity index (χ1) is 9.19. The number of aromatic nitrogens is 2. The summed E-state index contributed by atoms with van der Waals surface area (Å²) < 4.78 is 10.2. The van der Waals surface area contributed by atoms with Crippen molar-refractivity contribution in [1.29, 1.82) is 0 Å². The Morgan fingerprint density at radius 1 is 1.47 bits per heavy atom. The van der Waals surface area contributed by atoms with Gasteiger partial charge in [-0.1, -0.05) is 35.1 Å². The molecule has 0 aliphatic carbocycles. The van der Waals surface area contributed by atoms with Gasteiger partial charge in [-0.05, 0) is 6.07 Å². The van der Waals surface area contributed by atoms with E-state index in [1.165, 1.54) is 0 Å². The Kier molecular flexibility index (Phi) is 4.40. The molecule has 1 N–H and O–H groups in total. The quantitative estimate of drug-likeness (QED) is 0.808. The van der Waals surface area contributed by atoms with Crippen LogP contribution in [0.5, 0.6) is 5.75 Å². The molecule has 0 unspecified atom stereocenters. The minimum atomic E-state index is -0.922. The maximum Gasteiger partial charge on any atom is 0.314 e. The first-order valence-corrected chi connectivity index (χ1v) is 6.46. The summed E-state index contributed by atoms with van der Waals surface area (Å²) >= 11 is 0.999. The number of para-hydroxylation sites is 1. The fourth-order valence-electron chi connectivity index (χ4n) is 1.51. The van der Waals surface area contributed by atoms with Crippen LogP contribution in [0.1, 0.15) is 11.4 Å². The number of thioether (sulfide) groups is 1. The highest BCUT2D eigenvalue weighted by Crippen LogP contribution is 2.21. The van der Waals surface area contributed by atoms with Crippen LogP contribution < -0.4 is 4.74 Å². The Hall–Kier alpha value is -2.02. The second-order valence-electron chi connectivity index (χ2n) is 3.65. The number of rotatable bonds is 6. The number of ether oxygens (including phenoxy) is 1. The maximum atomic E-state index is 10.4. The van der Waals surface area contributed by atoms with Crippen LogP contribution in [0.3, 0.4) is 0 Å². The molecule has 0 amide bonds. The van der Waals surface area contributed by atoms with Gasteiger partial charge in [0.1, 0.15) is 11.5 Å². The third-order valence-electron chi connectivity index (χ3n) is 2.31. The highest BCUT2D eigenvalue weighted by molar-refractivity contribution is 7.99. The van der Waals surface area contributed by atoms with Crippen molar-refractivity contribution in [2.75, 3.05) is 12.9 Å². The van der Waals surface area contributed by atoms with Gasteiger partial charge in [-0.3, -0.25) is 4.79 Å². The van der Waals surface area contributed by atoms with Crippen molar-refractivity contribution in [2.45, 2.75) is 11.6 Å². The smallest absolute Gasteiger partial charge is 0.314 e. The molecule has 0 atom stereocenters. The predicted molar refractivity (Wildman–Crippen MR) is 68.5 cm³/mol. The molecule has 0 aliphatic rings. The van der Waals surface area contributed by atoms with E-state index in [9.17, 15) is 4.79 Å². The summed E-state index contributed by atoms with van der Waals surface area (Å²) in [6.45, 7) is 0. The van der Waals surface area contributed by atoms with E-state index >= 15 is 0 Å². The normalized spacial score (nSPS) is 10.4. The van der Waals surface area contributed by atoms with Crippen LogP contribution >= 0.6 is 11.8 Å². The first-order valence-electron chi connectivity index (χ1n) is 5.48. The first kappa shape index (κ1) is 13.4. The van der Waals surface area contributed by atoms with Gasteiger partial charge in [0.15, 0.2) is 5.82 Å². The van der Waals surface area contributed by atoms with E-state index in [0.29, 0.717) is 12.2 Å². The Balaban J connectivity index is 2.05. The molecule has 0 radical (unpaired) electrons. The fourth-order valence-corrected chi connectivity index (χ4v) is 2.02. The zero-order valence-corrected chi connectivity index (χ0v) is 11.0. The summed E-state index contributed by atoms with van der Waals surface area (Å²) in [5.74, 6) is 0.231. The van der Waals surface area contributed by atoms with Gasteiger partial charge in [0, 0.05) is 12.0 Å². The summed E-state index contributed by atoms with van der Waals surface area (Å²) in [6.07, 6.45) is 0.473. The van der Waals surface area contributed by atoms with Gasteiger partial charge in [-0.2, -0.15) is 4.98 Å². The van der Waals surface area contributed by atoms with Gasteiger partial charge in [-0.15, -0.1) is 0 Å². The number of hydrogen-bond acceptors (Lipinski definition) is 6. The average molecular weight is 280 g/mol. The number of nitrogens with zero attached hydrogens (tertiary/aromatic N) is 2. The second-order valence-corrected chi connectivity index (χ2v) is 4.57. The van der Waals surface area contributed by atoms with E-state index in [4.69, 9.17) is 14.4 Å². The van der Waals surface area contributed by atoms with Gasteiger partial charge >= 0.3 is 5.97 Å². The highest BCUT2D eigenvalue weighted by Gasteiger charge is 2.11. The van der Waals surface area contributed by atoms with Crippen LogP contribution in [0, 0.1) is 0 Å². The molecule has 1 aromatic heterocycles. The number of aliphatic carboxylic acids is 1. The summed E-state index contributed by atoms with van der Waals surface area (Å²) in [5, 5.41) is 12.6. The van der Waals surface area contributed by atoms with Crippen molar-refractivity contribution in [1.82, 2.24) is 10.1 Å². The topological polar surface area (TPSA) is 85.5 Å². The molecule has 2 rings (SSSR count). The zero-order chi connectivity index (χ0) is 13.7. The molecule has 0 bridgehead atoms. The van der Waals surface area contributed by atoms with E-state index in [2.05, 4.69) is 10.1 Å². The number of carbonyl (C=O) groups is 1. The molecule has 19 heavy (non-hydrogen) atoms. The summed E-state index contributed by atoms with van der Waals surface area (Å²) in [4.78, 5) is 14.5. The zero-order valence-electron chi connectivity index (χ0n) is 10.2. The van der Waals surface area contributed by atoms with Crippen molar-refractivity contribution in [3.63, 3.8) is 0 Å². The SMILES string of the molecule is COc1ccccc1Cc1noc(SCC(=O)O)n1. The van der Waals surface area contributed by atoms with E-state index in [1.807, 2.05) is 24.3 Å². The molecular weight excluding hydrogens is 268 g/mol. The number of benzene rings is 1. The fraction of sp³-hybridized carbons (Fsp3) is 0.250. The van der Waals surface area contributed by atoms with Crippen LogP contribution in [0.15, 0.2) is 34.0 Å². The highest BCUT2D eigenvalue weighted by atomic mass is 32.2. The molecule has 0 fully saturated rings. The van der Waals surface area contributed by atoms with Crippen molar-refractivity contribution < 1.29 is 19.2 Å². The van der Waals surface area contributed by atoms with Gasteiger partial charge in [-0.25, -0.2) is 0 Å². The van der Waals surface area contributed by atoms with E-state index in [0.717, 1.165) is 23.1 Å². The van der Waals surface area contributed by atoms with Crippen LogP contribution in [-0.4, -0.2) is 34.1 Å². The minimum absolute atomic E-state index is 0.101. The van der Waals surface area contributed by atoms with Crippen molar-refractivity contribution in [2.24, 2.45) is 0 Å². The van der Waals surface area contributed by atoms with Gasteiger partial charge in [0.05, 0.1) is 7.11 Å². The Labute approximate surface area is 113 Å². The van der Waals surface area contributed by atoms with Crippen LogP contribution in [0.2, 0.25) is 0 Å². The molecule has 7 heteroatoms. The lowest BCUT2D eigenvalue weighted by atomic mass is 10.1. The van der Waals surface area contributed by atoms with Crippen LogP contribution in [0.4, 0.5) is 0 Å². The van der Waals surface area contributed by atoms with Crippen molar-refractivity contribution >= 4 is 17.7 Å². The van der Waals surface area contributed by atoms with Crippen molar-refractivity contribution in [3.05, 3.63) is 35.7 Å². The average Bonchev–Trinajstić information content (AvgIpc) is 2.85. The maximum absolute atomic E-state index is 10.4. The van der Waals surface area contributed by atoms with E-state index in [1.54, 1.807) is 7.11 Å². The van der Waals surface area contributed by atoms with Gasteiger partial charge < -0.3 is 14.4 Å². The molecule has 100 valence electrons. The van der Waals surface area contributed by atoms with E-state index in [-0.39, 0.29) is 11.0 Å².